The van der Waals surface area contributed by atoms with Gasteiger partial charge >= 0.3 is 0 Å². The third-order valence-electron chi connectivity index (χ3n) is 1.02. The lowest BCUT2D eigenvalue weighted by atomic mass is 10.1. The number of nitrogens with two attached hydrogens (primary N) is 1. The molecule has 2 nitrogen and oxygen atoms in total. The Morgan fingerprint density at radius 1 is 1.78 bits per heavy atom. The number of aliphatic hydroxyl groups is 1. The molecule has 0 heterocycles. The summed E-state index contributed by atoms with van der Waals surface area (Å²) in [5.41, 5.74) is 5.32. The van der Waals surface area contributed by atoms with Crippen molar-refractivity contribution in [3.8, 4) is 0 Å². The molecule has 0 aromatic rings. The lowest BCUT2D eigenvalue weighted by molar-refractivity contribution is 0.154. The number of rotatable bonds is 3. The van der Waals surface area contributed by atoms with Crippen LogP contribution in [0.5, 0.6) is 0 Å². The van der Waals surface area contributed by atoms with E-state index >= 15 is 0 Å². The first-order valence-corrected chi connectivity index (χ1v) is 2.73. The minimum Gasteiger partial charge on any atom is -0.391 e. The molecule has 2 unspecified atom stereocenters. The molecule has 0 spiro atoms. The van der Waals surface area contributed by atoms with Crippen LogP contribution >= 0.6 is 12.4 Å². The summed E-state index contributed by atoms with van der Waals surface area (Å²) in [6, 6.07) is -0.145. The highest BCUT2D eigenvalue weighted by Gasteiger charge is 2.04. The third-order valence-corrected chi connectivity index (χ3v) is 1.02. The van der Waals surface area contributed by atoms with Gasteiger partial charge in [0.25, 0.3) is 0 Å². The number of halogens is 1. The molecule has 0 aliphatic heterocycles. The molecule has 0 rings (SSSR count). The minimum absolute atomic E-state index is 0. The van der Waals surface area contributed by atoms with Gasteiger partial charge in [0.1, 0.15) is 0 Å². The fourth-order valence-corrected chi connectivity index (χ4v) is 0.385. The number of hydrogen-bond donors (Lipinski definition) is 2. The maximum Gasteiger partial charge on any atom is 0.0722 e. The number of aliphatic hydroxyl groups excluding tert-OH is 1. The van der Waals surface area contributed by atoms with Crippen LogP contribution in [-0.2, 0) is 0 Å². The standard InChI is InChI=1S/C6H13NO.ClH/c1-3-4-6(8)5(2)7;/h3,5-6,8H,1,4,7H2,2H3;1H. The monoisotopic (exact) mass is 151 g/mol. The van der Waals surface area contributed by atoms with Crippen molar-refractivity contribution in [2.75, 3.05) is 0 Å². The number of hydrogen-bond acceptors (Lipinski definition) is 2. The molecule has 0 saturated heterocycles. The molecule has 0 bridgehead atoms. The van der Waals surface area contributed by atoms with E-state index in [4.69, 9.17) is 10.8 Å². The van der Waals surface area contributed by atoms with Crippen molar-refractivity contribution in [1.82, 2.24) is 0 Å². The van der Waals surface area contributed by atoms with Crippen molar-refractivity contribution in [1.29, 1.82) is 0 Å². The van der Waals surface area contributed by atoms with E-state index in [0.29, 0.717) is 6.42 Å². The van der Waals surface area contributed by atoms with Gasteiger partial charge in [-0.05, 0) is 13.3 Å². The zero-order valence-electron chi connectivity index (χ0n) is 5.58. The Hall–Kier alpha value is -0.0500. The summed E-state index contributed by atoms with van der Waals surface area (Å²) in [6.45, 7) is 5.24. The highest BCUT2D eigenvalue weighted by molar-refractivity contribution is 5.85. The molecule has 0 aliphatic carbocycles. The summed E-state index contributed by atoms with van der Waals surface area (Å²) in [5, 5.41) is 8.93. The highest BCUT2D eigenvalue weighted by atomic mass is 35.5. The van der Waals surface area contributed by atoms with E-state index < -0.39 is 6.10 Å². The Morgan fingerprint density at radius 2 is 2.22 bits per heavy atom. The predicted octanol–water partition coefficient (Wildman–Crippen LogP) is 0.692. The van der Waals surface area contributed by atoms with Gasteiger partial charge in [-0.2, -0.15) is 0 Å². The quantitative estimate of drug-likeness (QED) is 0.584. The van der Waals surface area contributed by atoms with Gasteiger partial charge in [-0.1, -0.05) is 6.08 Å². The van der Waals surface area contributed by atoms with E-state index in [9.17, 15) is 0 Å². The van der Waals surface area contributed by atoms with Gasteiger partial charge in [0.2, 0.25) is 0 Å². The molecule has 0 aliphatic rings. The molecule has 0 fully saturated rings. The molecule has 0 aromatic carbocycles. The Bertz CT molecular complexity index is 75.5. The van der Waals surface area contributed by atoms with Crippen molar-refractivity contribution in [3.63, 3.8) is 0 Å². The third kappa shape index (κ3) is 5.83. The van der Waals surface area contributed by atoms with E-state index in [-0.39, 0.29) is 18.4 Å². The van der Waals surface area contributed by atoms with Crippen molar-refractivity contribution in [2.45, 2.75) is 25.5 Å². The molecule has 2 atom stereocenters. The van der Waals surface area contributed by atoms with Crippen molar-refractivity contribution in [2.24, 2.45) is 5.73 Å². The van der Waals surface area contributed by atoms with E-state index in [1.807, 2.05) is 0 Å². The van der Waals surface area contributed by atoms with Crippen LogP contribution in [0.15, 0.2) is 12.7 Å². The van der Waals surface area contributed by atoms with Gasteiger partial charge in [-0.25, -0.2) is 0 Å². The zero-order valence-corrected chi connectivity index (χ0v) is 6.40. The van der Waals surface area contributed by atoms with Crippen LogP contribution in [-0.4, -0.2) is 17.3 Å². The van der Waals surface area contributed by atoms with Gasteiger partial charge < -0.3 is 10.8 Å². The van der Waals surface area contributed by atoms with Crippen LogP contribution in [0.1, 0.15) is 13.3 Å². The molecule has 9 heavy (non-hydrogen) atoms. The summed E-state index contributed by atoms with van der Waals surface area (Å²) >= 11 is 0. The van der Waals surface area contributed by atoms with Crippen LogP contribution < -0.4 is 5.73 Å². The fraction of sp³-hybridized carbons (Fsp3) is 0.667. The van der Waals surface area contributed by atoms with Gasteiger partial charge in [-0.3, -0.25) is 0 Å². The van der Waals surface area contributed by atoms with Crippen LogP contribution in [0.2, 0.25) is 0 Å². The molecule has 3 N–H and O–H groups in total. The smallest absolute Gasteiger partial charge is 0.0722 e. The second kappa shape index (κ2) is 6.08. The zero-order chi connectivity index (χ0) is 6.57. The largest absolute Gasteiger partial charge is 0.391 e. The molecule has 56 valence electrons. The summed E-state index contributed by atoms with van der Waals surface area (Å²) in [5.74, 6) is 0. The van der Waals surface area contributed by atoms with E-state index in [0.717, 1.165) is 0 Å². The second-order valence-electron chi connectivity index (χ2n) is 1.95. The SMILES string of the molecule is C=CCC(O)C(C)N.Cl. The fourth-order valence-electron chi connectivity index (χ4n) is 0.385. The van der Waals surface area contributed by atoms with Crippen LogP contribution in [0.4, 0.5) is 0 Å². The molecule has 0 saturated carbocycles. The molecule has 3 heteroatoms. The van der Waals surface area contributed by atoms with Crippen LogP contribution in [0, 0.1) is 0 Å². The lowest BCUT2D eigenvalue weighted by Crippen LogP contribution is -2.30. The lowest BCUT2D eigenvalue weighted by Gasteiger charge is -2.10. The summed E-state index contributed by atoms with van der Waals surface area (Å²) < 4.78 is 0. The van der Waals surface area contributed by atoms with E-state index in [2.05, 4.69) is 6.58 Å². The summed E-state index contributed by atoms with van der Waals surface area (Å²) in [6.07, 6.45) is 1.82. The molecule has 0 amide bonds. The highest BCUT2D eigenvalue weighted by Crippen LogP contribution is 1.94. The Morgan fingerprint density at radius 3 is 2.33 bits per heavy atom. The predicted molar refractivity (Wildman–Crippen MR) is 41.7 cm³/mol. The van der Waals surface area contributed by atoms with Crippen molar-refractivity contribution in [3.05, 3.63) is 12.7 Å². The minimum atomic E-state index is -0.424. The summed E-state index contributed by atoms with van der Waals surface area (Å²) in [4.78, 5) is 0. The second-order valence-corrected chi connectivity index (χ2v) is 1.95. The van der Waals surface area contributed by atoms with Crippen LogP contribution in [0.3, 0.4) is 0 Å². The molecular weight excluding hydrogens is 138 g/mol. The van der Waals surface area contributed by atoms with Gasteiger partial charge in [-0.15, -0.1) is 19.0 Å². The maximum atomic E-state index is 8.93. The first-order valence-electron chi connectivity index (χ1n) is 2.73. The van der Waals surface area contributed by atoms with E-state index in [1.165, 1.54) is 0 Å². The average Bonchev–Trinajstić information content (AvgIpc) is 1.67. The molecule has 0 radical (unpaired) electrons. The van der Waals surface area contributed by atoms with Crippen LogP contribution in [0.25, 0.3) is 0 Å². The topological polar surface area (TPSA) is 46.2 Å². The Labute approximate surface area is 62.2 Å². The molecule has 0 aromatic heterocycles. The van der Waals surface area contributed by atoms with Crippen molar-refractivity contribution >= 4 is 12.4 Å². The first-order chi connectivity index (χ1) is 3.68. The average molecular weight is 152 g/mol. The van der Waals surface area contributed by atoms with E-state index in [1.54, 1.807) is 13.0 Å². The summed E-state index contributed by atoms with van der Waals surface area (Å²) in [7, 11) is 0. The van der Waals surface area contributed by atoms with Gasteiger partial charge in [0.15, 0.2) is 0 Å². The molecular formula is C6H14ClNO. The Balaban J connectivity index is 0. The normalized spacial score (nSPS) is 15.4. The maximum absolute atomic E-state index is 8.93. The van der Waals surface area contributed by atoms with Crippen molar-refractivity contribution < 1.29 is 5.11 Å². The van der Waals surface area contributed by atoms with Gasteiger partial charge in [0.05, 0.1) is 6.10 Å². The first kappa shape index (κ1) is 11.7. The van der Waals surface area contributed by atoms with Gasteiger partial charge in [0, 0.05) is 6.04 Å². The Kier molecular flexibility index (Phi) is 7.91.